The fourth-order valence-corrected chi connectivity index (χ4v) is 11.3. The third kappa shape index (κ3) is 57.8. The molecule has 0 bridgehead atoms. The Morgan fingerprint density at radius 3 is 0.845 bits per heavy atom. The molecule has 0 saturated heterocycles. The Labute approximate surface area is 511 Å². The molecule has 0 spiro atoms. The van der Waals surface area contributed by atoms with Gasteiger partial charge in [-0.25, -0.2) is 9.13 Å². The zero-order valence-electron chi connectivity index (χ0n) is 54.0. The summed E-state index contributed by atoms with van der Waals surface area (Å²) >= 11 is 0. The van der Waals surface area contributed by atoms with E-state index in [1.165, 1.54) is 148 Å². The lowest BCUT2D eigenvalue weighted by Gasteiger charge is -2.21. The van der Waals surface area contributed by atoms with Crippen molar-refractivity contribution in [3.8, 4) is 0 Å². The van der Waals surface area contributed by atoms with Gasteiger partial charge in [0.05, 0.1) is 26.4 Å². The average molecular weight is 1240 g/mol. The third-order valence-electron chi connectivity index (χ3n) is 15.4. The van der Waals surface area contributed by atoms with Gasteiger partial charge in [0, 0.05) is 25.7 Å². The molecule has 3 unspecified atom stereocenters. The maximum atomic E-state index is 13.0. The van der Waals surface area contributed by atoms with Crippen LogP contribution in [0.25, 0.3) is 0 Å². The van der Waals surface area contributed by atoms with E-state index in [0.717, 1.165) is 102 Å². The number of unbranched alkanes of at least 4 members (excludes halogenated alkanes) is 36. The van der Waals surface area contributed by atoms with Gasteiger partial charge in [-0.05, 0) is 31.6 Å². The molecule has 19 heteroatoms. The van der Waals surface area contributed by atoms with Crippen LogP contribution in [-0.2, 0) is 65.4 Å². The summed E-state index contributed by atoms with van der Waals surface area (Å²) < 4.78 is 68.0. The van der Waals surface area contributed by atoms with Crippen LogP contribution in [0, 0.1) is 5.92 Å². The predicted molar refractivity (Wildman–Crippen MR) is 335 cm³/mol. The number of hydrogen-bond acceptors (Lipinski definition) is 15. The van der Waals surface area contributed by atoms with E-state index in [-0.39, 0.29) is 25.7 Å². The number of carbonyl (C=O) groups is 4. The van der Waals surface area contributed by atoms with Crippen molar-refractivity contribution in [3.05, 3.63) is 0 Å². The second-order valence-electron chi connectivity index (χ2n) is 23.7. The molecule has 0 aromatic rings. The zero-order valence-corrected chi connectivity index (χ0v) is 55.8. The first-order chi connectivity index (χ1) is 40.6. The Hall–Kier alpha value is -1.94. The van der Waals surface area contributed by atoms with Crippen molar-refractivity contribution in [1.82, 2.24) is 0 Å². The molecule has 3 N–H and O–H groups in total. The summed E-state index contributed by atoms with van der Waals surface area (Å²) in [4.78, 5) is 72.2. The smallest absolute Gasteiger partial charge is 0.462 e. The first-order valence-corrected chi connectivity index (χ1v) is 37.2. The maximum Gasteiger partial charge on any atom is 0.472 e. The molecule has 0 rings (SSSR count). The largest absolute Gasteiger partial charge is 0.472 e. The van der Waals surface area contributed by atoms with Crippen LogP contribution < -0.4 is 0 Å². The van der Waals surface area contributed by atoms with Crippen LogP contribution in [0.4, 0.5) is 0 Å². The normalized spacial score (nSPS) is 14.5. The van der Waals surface area contributed by atoms with Crippen LogP contribution in [-0.4, -0.2) is 96.7 Å². The molecule has 0 aliphatic heterocycles. The van der Waals surface area contributed by atoms with E-state index < -0.39 is 97.5 Å². The summed E-state index contributed by atoms with van der Waals surface area (Å²) in [5.74, 6) is -1.40. The second kappa shape index (κ2) is 58.7. The summed E-state index contributed by atoms with van der Waals surface area (Å²) in [6.07, 6.45) is 43.0. The molecular weight excluding hydrogens is 1110 g/mol. The number of rotatable bonds is 65. The Morgan fingerprint density at radius 1 is 0.333 bits per heavy atom. The van der Waals surface area contributed by atoms with E-state index in [1.807, 2.05) is 0 Å². The van der Waals surface area contributed by atoms with Gasteiger partial charge < -0.3 is 33.8 Å². The molecule has 0 aromatic heterocycles. The minimum absolute atomic E-state index is 0.106. The van der Waals surface area contributed by atoms with E-state index >= 15 is 0 Å². The lowest BCUT2D eigenvalue weighted by atomic mass is 10.00. The molecule has 6 atom stereocenters. The first-order valence-electron chi connectivity index (χ1n) is 34.2. The molecule has 0 fully saturated rings. The standard InChI is InChI=1S/C65H126O17P2/c1-6-10-13-16-19-22-24-25-26-27-28-31-34-41-46-51-65(70)82-61(55-76-63(68)49-44-39-36-35-37-42-47-58(5)9-4)57-80-84(73,74)78-53-59(66)52-77-83(71,72)79-56-60(54-75-62(67)48-43-38-32-29-21-18-15-12-8-3)81-64(69)50-45-40-33-30-23-20-17-14-11-7-2/h58-61,66H,6-57H2,1-5H3,(H,71,72)(H,73,74)/t58?,59-,60+,61+/m0/s1. The number of aliphatic hydroxyl groups is 1. The maximum absolute atomic E-state index is 13.0. The summed E-state index contributed by atoms with van der Waals surface area (Å²) in [6.45, 7) is 7.15. The van der Waals surface area contributed by atoms with Crippen molar-refractivity contribution >= 4 is 39.5 Å². The zero-order chi connectivity index (χ0) is 62.0. The highest BCUT2D eigenvalue weighted by Crippen LogP contribution is 2.45. The number of aliphatic hydroxyl groups excluding tert-OH is 1. The van der Waals surface area contributed by atoms with Crippen molar-refractivity contribution in [3.63, 3.8) is 0 Å². The topological polar surface area (TPSA) is 237 Å². The molecule has 0 aliphatic rings. The first kappa shape index (κ1) is 82.1. The molecular formula is C65H126O17P2. The van der Waals surface area contributed by atoms with Gasteiger partial charge in [-0.1, -0.05) is 279 Å². The Morgan fingerprint density at radius 2 is 0.571 bits per heavy atom. The monoisotopic (exact) mass is 1240 g/mol. The molecule has 17 nitrogen and oxygen atoms in total. The van der Waals surface area contributed by atoms with Gasteiger partial charge in [-0.15, -0.1) is 0 Å². The van der Waals surface area contributed by atoms with E-state index in [4.69, 9.17) is 37.0 Å². The van der Waals surface area contributed by atoms with Gasteiger partial charge in [0.25, 0.3) is 0 Å². The number of phosphoric ester groups is 2. The lowest BCUT2D eigenvalue weighted by Crippen LogP contribution is -2.30. The van der Waals surface area contributed by atoms with E-state index in [0.29, 0.717) is 25.7 Å². The highest BCUT2D eigenvalue weighted by atomic mass is 31.2. The minimum atomic E-state index is -4.94. The molecule has 0 heterocycles. The molecule has 84 heavy (non-hydrogen) atoms. The van der Waals surface area contributed by atoms with Crippen LogP contribution in [0.3, 0.4) is 0 Å². The highest BCUT2D eigenvalue weighted by molar-refractivity contribution is 7.47. The predicted octanol–water partition coefficient (Wildman–Crippen LogP) is 18.2. The molecule has 498 valence electrons. The van der Waals surface area contributed by atoms with Gasteiger partial charge in [0.2, 0.25) is 0 Å². The van der Waals surface area contributed by atoms with Crippen molar-refractivity contribution in [1.29, 1.82) is 0 Å². The molecule has 0 radical (unpaired) electrons. The second-order valence-corrected chi connectivity index (χ2v) is 26.7. The van der Waals surface area contributed by atoms with Gasteiger partial charge in [0.15, 0.2) is 12.2 Å². The van der Waals surface area contributed by atoms with Crippen LogP contribution in [0.2, 0.25) is 0 Å². The lowest BCUT2D eigenvalue weighted by molar-refractivity contribution is -0.161. The van der Waals surface area contributed by atoms with Crippen LogP contribution in [0.15, 0.2) is 0 Å². The Kier molecular flexibility index (Phi) is 57.4. The number of hydrogen-bond donors (Lipinski definition) is 3. The number of phosphoric acid groups is 2. The SMILES string of the molecule is CCCCCCCCCCCCCCCCCC(=O)O[C@H](COC(=O)CCCCCCCCC(C)CC)COP(=O)(O)OC[C@@H](O)COP(=O)(O)OC[C@@H](COC(=O)CCCCCCCCCCC)OC(=O)CCCCCCCCCCCC. The fourth-order valence-electron chi connectivity index (χ4n) is 9.73. The number of carbonyl (C=O) groups excluding carboxylic acids is 4. The van der Waals surface area contributed by atoms with Crippen molar-refractivity contribution in [2.75, 3.05) is 39.6 Å². The van der Waals surface area contributed by atoms with E-state index in [9.17, 15) is 43.2 Å². The number of ether oxygens (including phenoxy) is 4. The molecule has 0 aromatic carbocycles. The average Bonchev–Trinajstić information content (AvgIpc) is 3.49. The Balaban J connectivity index is 5.22. The summed E-state index contributed by atoms with van der Waals surface area (Å²) in [6, 6.07) is 0. The van der Waals surface area contributed by atoms with Crippen molar-refractivity contribution in [2.24, 2.45) is 5.92 Å². The quantitative estimate of drug-likeness (QED) is 0.0222. The van der Waals surface area contributed by atoms with Crippen molar-refractivity contribution < 1.29 is 80.2 Å². The van der Waals surface area contributed by atoms with Gasteiger partial charge >= 0.3 is 39.5 Å². The summed E-state index contributed by atoms with van der Waals surface area (Å²) in [5.41, 5.74) is 0. The summed E-state index contributed by atoms with van der Waals surface area (Å²) in [7, 11) is -9.88. The highest BCUT2D eigenvalue weighted by Gasteiger charge is 2.30. The van der Waals surface area contributed by atoms with Crippen LogP contribution in [0.5, 0.6) is 0 Å². The van der Waals surface area contributed by atoms with Crippen LogP contribution in [0.1, 0.15) is 330 Å². The van der Waals surface area contributed by atoms with E-state index in [1.54, 1.807) is 0 Å². The fraction of sp³-hybridized carbons (Fsp3) is 0.938. The summed E-state index contributed by atoms with van der Waals surface area (Å²) in [5, 5.41) is 10.5. The van der Waals surface area contributed by atoms with Gasteiger partial charge in [0.1, 0.15) is 19.3 Å². The third-order valence-corrected chi connectivity index (χ3v) is 17.3. The van der Waals surface area contributed by atoms with Gasteiger partial charge in [-0.3, -0.25) is 37.3 Å². The Bertz CT molecular complexity index is 1640. The molecule has 0 aliphatic carbocycles. The molecule has 0 saturated carbocycles. The van der Waals surface area contributed by atoms with Crippen LogP contribution >= 0.6 is 15.6 Å². The van der Waals surface area contributed by atoms with Gasteiger partial charge in [-0.2, -0.15) is 0 Å². The number of esters is 4. The molecule has 0 amide bonds. The van der Waals surface area contributed by atoms with Crippen molar-refractivity contribution in [2.45, 2.75) is 348 Å². The van der Waals surface area contributed by atoms with E-state index in [2.05, 4.69) is 34.6 Å². The minimum Gasteiger partial charge on any atom is -0.462 e.